The van der Waals surface area contributed by atoms with Crippen LogP contribution in [-0.2, 0) is 19.1 Å². The normalized spacial score (nSPS) is 22.9. The summed E-state index contributed by atoms with van der Waals surface area (Å²) in [4.78, 5) is 30.3. The van der Waals surface area contributed by atoms with Crippen LogP contribution < -0.4 is 19.9 Å². The predicted octanol–water partition coefficient (Wildman–Crippen LogP) is 2.41. The topological polar surface area (TPSA) is 133 Å². The van der Waals surface area contributed by atoms with E-state index in [9.17, 15) is 14.7 Å². The fraction of sp³-hybridized carbons (Fsp3) is 0.714. The number of hydrogen-bond acceptors (Lipinski definition) is 9. The molecule has 0 aliphatic carbocycles. The lowest BCUT2D eigenvalue weighted by Crippen LogP contribution is -2.45. The average Bonchev–Trinajstić information content (AvgIpc) is 3.69. The molecule has 39 heavy (non-hydrogen) atoms. The maximum absolute atomic E-state index is 13.6. The number of carbonyl (C=O) groups excluding carboxylic acids is 1. The second-order valence-corrected chi connectivity index (χ2v) is 10.4. The van der Waals surface area contributed by atoms with Crippen molar-refractivity contribution in [1.29, 1.82) is 0 Å². The van der Waals surface area contributed by atoms with E-state index in [0.717, 1.165) is 31.2 Å². The van der Waals surface area contributed by atoms with Gasteiger partial charge < -0.3 is 39.4 Å². The summed E-state index contributed by atoms with van der Waals surface area (Å²) in [5.74, 6) is -0.399. The Balaban J connectivity index is 1.59. The smallest absolute Gasteiger partial charge is 0.308 e. The second kappa shape index (κ2) is 14.2. The molecule has 0 radical (unpaired) electrons. The van der Waals surface area contributed by atoms with Crippen molar-refractivity contribution in [3.05, 3.63) is 17.7 Å². The fourth-order valence-corrected chi connectivity index (χ4v) is 5.87. The Morgan fingerprint density at radius 2 is 1.90 bits per heavy atom. The molecule has 1 aromatic rings. The van der Waals surface area contributed by atoms with Crippen LogP contribution in [0, 0.1) is 5.92 Å². The molecule has 1 aromatic carbocycles. The molecule has 4 rings (SSSR count). The van der Waals surface area contributed by atoms with Crippen molar-refractivity contribution in [2.75, 3.05) is 59.8 Å². The Morgan fingerprint density at radius 1 is 1.13 bits per heavy atom. The van der Waals surface area contributed by atoms with Crippen molar-refractivity contribution >= 4 is 11.9 Å². The molecule has 3 heterocycles. The van der Waals surface area contributed by atoms with Gasteiger partial charge in [0.25, 0.3) is 0 Å². The molecule has 0 saturated carbocycles. The minimum Gasteiger partial charge on any atom is -0.493 e. The highest BCUT2D eigenvalue weighted by Crippen LogP contribution is 2.47. The van der Waals surface area contributed by atoms with Gasteiger partial charge in [-0.05, 0) is 56.3 Å². The number of rotatable bonds is 15. The van der Waals surface area contributed by atoms with Crippen LogP contribution in [0.2, 0.25) is 0 Å². The molecular formula is C28H43N3O8. The first kappa shape index (κ1) is 29.4. The monoisotopic (exact) mass is 549 g/mol. The zero-order valence-corrected chi connectivity index (χ0v) is 23.1. The number of carboxylic acids is 1. The van der Waals surface area contributed by atoms with E-state index < -0.39 is 11.9 Å². The van der Waals surface area contributed by atoms with Gasteiger partial charge in [0.1, 0.15) is 0 Å². The highest BCUT2D eigenvalue weighted by Gasteiger charge is 2.48. The maximum atomic E-state index is 13.6. The zero-order valence-electron chi connectivity index (χ0n) is 23.1. The molecule has 3 atom stereocenters. The van der Waals surface area contributed by atoms with Crippen molar-refractivity contribution in [2.24, 2.45) is 11.7 Å². The molecule has 3 aliphatic rings. The largest absolute Gasteiger partial charge is 0.493 e. The quantitative estimate of drug-likeness (QED) is 0.314. The number of benzene rings is 1. The number of nitrogens with zero attached hydrogens (tertiary/aromatic N) is 2. The van der Waals surface area contributed by atoms with E-state index >= 15 is 0 Å². The average molecular weight is 550 g/mol. The Hall–Kier alpha value is -2.60. The fourth-order valence-electron chi connectivity index (χ4n) is 5.87. The van der Waals surface area contributed by atoms with Gasteiger partial charge in [-0.3, -0.25) is 14.5 Å². The Kier molecular flexibility index (Phi) is 10.7. The number of carbonyl (C=O) groups is 2. The number of amides is 1. The van der Waals surface area contributed by atoms with Crippen molar-refractivity contribution in [3.63, 3.8) is 0 Å². The Morgan fingerprint density at radius 3 is 2.59 bits per heavy atom. The number of hydrogen-bond donors (Lipinski definition) is 2. The van der Waals surface area contributed by atoms with Gasteiger partial charge in [-0.1, -0.05) is 13.3 Å². The standard InChI is InChI=1S/C28H43N3O8/c1-3-4-10-30(11-6-5-9-29)24(32)17-31-16-20(19-14-22(35-2)27-23(15-19)38-18-39-27)26(28(33)34)21(31)7-8-25-36-12-13-37-25/h14-15,20-21,25-26H,3-13,16-18,29H2,1-2H3,(H,33,34)/t20-,21+,26?/m1/s1. The van der Waals surface area contributed by atoms with Gasteiger partial charge in [-0.15, -0.1) is 0 Å². The van der Waals surface area contributed by atoms with Crippen molar-refractivity contribution in [2.45, 2.75) is 63.7 Å². The molecule has 2 saturated heterocycles. The summed E-state index contributed by atoms with van der Waals surface area (Å²) in [6.07, 6.45) is 4.37. The maximum Gasteiger partial charge on any atom is 0.308 e. The van der Waals surface area contributed by atoms with Gasteiger partial charge >= 0.3 is 5.97 Å². The van der Waals surface area contributed by atoms with E-state index in [0.29, 0.717) is 69.5 Å². The van der Waals surface area contributed by atoms with Crippen LogP contribution in [0.5, 0.6) is 17.2 Å². The number of carboxylic acid groups (broad SMARTS) is 1. The summed E-state index contributed by atoms with van der Waals surface area (Å²) in [6, 6.07) is 3.31. The van der Waals surface area contributed by atoms with Gasteiger partial charge in [-0.2, -0.15) is 0 Å². The van der Waals surface area contributed by atoms with E-state index in [1.807, 2.05) is 21.9 Å². The molecule has 0 bridgehead atoms. The van der Waals surface area contributed by atoms with Crippen LogP contribution in [0.4, 0.5) is 0 Å². The van der Waals surface area contributed by atoms with Gasteiger partial charge in [0.15, 0.2) is 17.8 Å². The van der Waals surface area contributed by atoms with Crippen LogP contribution >= 0.6 is 0 Å². The summed E-state index contributed by atoms with van der Waals surface area (Å²) in [5, 5.41) is 10.5. The van der Waals surface area contributed by atoms with Gasteiger partial charge in [0.2, 0.25) is 18.4 Å². The van der Waals surface area contributed by atoms with E-state index in [2.05, 4.69) is 6.92 Å². The SMILES string of the molecule is CCCCN(CCCCN)C(=O)CN1C[C@H](c2cc(OC)c3c(c2)OCO3)C(C(=O)O)[C@@H]1CCC1OCCO1. The molecule has 11 heteroatoms. The highest BCUT2D eigenvalue weighted by molar-refractivity contribution is 5.79. The lowest BCUT2D eigenvalue weighted by Gasteiger charge is -2.30. The van der Waals surface area contributed by atoms with Crippen molar-refractivity contribution < 1.29 is 38.4 Å². The second-order valence-electron chi connectivity index (χ2n) is 10.4. The van der Waals surface area contributed by atoms with Gasteiger partial charge in [-0.25, -0.2) is 0 Å². The molecule has 3 aliphatic heterocycles. The van der Waals surface area contributed by atoms with E-state index in [4.69, 9.17) is 29.4 Å². The van der Waals surface area contributed by atoms with Gasteiger partial charge in [0.05, 0.1) is 32.8 Å². The van der Waals surface area contributed by atoms with E-state index in [-0.39, 0.29) is 37.5 Å². The molecule has 3 N–H and O–H groups in total. The summed E-state index contributed by atoms with van der Waals surface area (Å²) in [7, 11) is 1.55. The number of methoxy groups -OCH3 is 1. The van der Waals surface area contributed by atoms with Crippen LogP contribution in [0.1, 0.15) is 56.9 Å². The summed E-state index contributed by atoms with van der Waals surface area (Å²) < 4.78 is 28.0. The predicted molar refractivity (Wildman–Crippen MR) is 143 cm³/mol. The zero-order chi connectivity index (χ0) is 27.8. The number of ether oxygens (including phenoxy) is 5. The molecule has 0 aromatic heterocycles. The van der Waals surface area contributed by atoms with Gasteiger partial charge in [0, 0.05) is 31.6 Å². The van der Waals surface area contributed by atoms with Crippen molar-refractivity contribution in [3.8, 4) is 17.2 Å². The molecule has 218 valence electrons. The number of likely N-dealkylation sites (tertiary alicyclic amines) is 1. The van der Waals surface area contributed by atoms with E-state index in [1.165, 1.54) is 0 Å². The van der Waals surface area contributed by atoms with Crippen LogP contribution in [-0.4, -0.2) is 99.0 Å². The minimum atomic E-state index is -0.893. The molecular weight excluding hydrogens is 506 g/mol. The number of unbranched alkanes of at least 4 members (excludes halogenated alkanes) is 2. The molecule has 1 amide bonds. The molecule has 1 unspecified atom stereocenters. The molecule has 0 spiro atoms. The number of fused-ring (bicyclic) bond motifs is 1. The third-order valence-electron chi connectivity index (χ3n) is 7.89. The molecule has 2 fully saturated rings. The first-order chi connectivity index (χ1) is 19.0. The minimum absolute atomic E-state index is 0.0203. The lowest BCUT2D eigenvalue weighted by molar-refractivity contribution is -0.144. The van der Waals surface area contributed by atoms with Crippen LogP contribution in [0.3, 0.4) is 0 Å². The summed E-state index contributed by atoms with van der Waals surface area (Å²) in [5.41, 5.74) is 6.48. The third-order valence-corrected chi connectivity index (χ3v) is 7.89. The Labute approximate surface area is 230 Å². The summed E-state index contributed by atoms with van der Waals surface area (Å²) >= 11 is 0. The van der Waals surface area contributed by atoms with E-state index in [1.54, 1.807) is 7.11 Å². The number of nitrogens with two attached hydrogens (primary N) is 1. The van der Waals surface area contributed by atoms with Crippen LogP contribution in [0.15, 0.2) is 12.1 Å². The Bertz CT molecular complexity index is 970. The summed E-state index contributed by atoms with van der Waals surface area (Å²) in [6.45, 7) is 5.78. The highest BCUT2D eigenvalue weighted by atomic mass is 16.7. The number of aliphatic carboxylic acids is 1. The van der Waals surface area contributed by atoms with Crippen LogP contribution in [0.25, 0.3) is 0 Å². The molecule has 11 nitrogen and oxygen atoms in total. The lowest BCUT2D eigenvalue weighted by atomic mass is 9.83. The first-order valence-electron chi connectivity index (χ1n) is 14.1. The third kappa shape index (κ3) is 7.13. The first-order valence-corrected chi connectivity index (χ1v) is 14.1. The van der Waals surface area contributed by atoms with Crippen molar-refractivity contribution in [1.82, 2.24) is 9.80 Å².